The van der Waals surface area contributed by atoms with Crippen LogP contribution in [-0.4, -0.2) is 39.5 Å². The van der Waals surface area contributed by atoms with Gasteiger partial charge in [0, 0.05) is 18.8 Å². The highest BCUT2D eigenvalue weighted by Gasteiger charge is 2.17. The Morgan fingerprint density at radius 1 is 1.42 bits per heavy atom. The molecule has 2 heterocycles. The summed E-state index contributed by atoms with van der Waals surface area (Å²) in [6, 6.07) is 0. The van der Waals surface area contributed by atoms with Gasteiger partial charge in [0.15, 0.2) is 0 Å². The third-order valence-corrected chi connectivity index (χ3v) is 4.67. The standard InChI is InChI=1S/C14H21N3S2/c1-3-4-5-6-10-18-14-13(15-19-16-14)12-8-7-9-17(2)11-12/h4-5,8H,3,6-7,9-11H2,1-2H3. The van der Waals surface area contributed by atoms with Crippen LogP contribution < -0.4 is 0 Å². The fourth-order valence-electron chi connectivity index (χ4n) is 2.04. The van der Waals surface area contributed by atoms with Crippen molar-refractivity contribution in [3.8, 4) is 0 Å². The molecule has 0 aliphatic carbocycles. The molecular formula is C14H21N3S2. The van der Waals surface area contributed by atoms with Gasteiger partial charge in [-0.15, -0.1) is 11.8 Å². The Balaban J connectivity index is 1.94. The van der Waals surface area contributed by atoms with Gasteiger partial charge in [0.1, 0.15) is 10.7 Å². The second-order valence-electron chi connectivity index (χ2n) is 4.69. The molecule has 5 heteroatoms. The van der Waals surface area contributed by atoms with E-state index in [1.165, 1.54) is 17.3 Å². The lowest BCUT2D eigenvalue weighted by Crippen LogP contribution is -2.25. The molecule has 104 valence electrons. The van der Waals surface area contributed by atoms with Crippen molar-refractivity contribution in [3.63, 3.8) is 0 Å². The van der Waals surface area contributed by atoms with Crippen LogP contribution in [0.3, 0.4) is 0 Å². The molecule has 2 rings (SSSR count). The summed E-state index contributed by atoms with van der Waals surface area (Å²) in [6.07, 6.45) is 10.1. The Kier molecular flexibility index (Phi) is 6.07. The summed E-state index contributed by atoms with van der Waals surface area (Å²) in [6.45, 7) is 4.30. The first-order chi connectivity index (χ1) is 9.31. The lowest BCUT2D eigenvalue weighted by Gasteiger charge is -2.22. The second-order valence-corrected chi connectivity index (χ2v) is 6.30. The first-order valence-corrected chi connectivity index (χ1v) is 8.51. The lowest BCUT2D eigenvalue weighted by atomic mass is 10.1. The molecule has 0 bridgehead atoms. The number of rotatable bonds is 6. The van der Waals surface area contributed by atoms with Gasteiger partial charge in [-0.1, -0.05) is 25.2 Å². The summed E-state index contributed by atoms with van der Waals surface area (Å²) in [4.78, 5) is 2.34. The van der Waals surface area contributed by atoms with Crippen molar-refractivity contribution in [1.82, 2.24) is 13.6 Å². The van der Waals surface area contributed by atoms with E-state index in [1.54, 1.807) is 0 Å². The molecular weight excluding hydrogens is 274 g/mol. The maximum Gasteiger partial charge on any atom is 0.138 e. The van der Waals surface area contributed by atoms with Crippen LogP contribution in [0.5, 0.6) is 0 Å². The van der Waals surface area contributed by atoms with Gasteiger partial charge >= 0.3 is 0 Å². The average molecular weight is 295 g/mol. The van der Waals surface area contributed by atoms with Gasteiger partial charge < -0.3 is 4.90 Å². The minimum Gasteiger partial charge on any atom is -0.302 e. The van der Waals surface area contributed by atoms with Gasteiger partial charge in [0.2, 0.25) is 0 Å². The first-order valence-electron chi connectivity index (χ1n) is 6.79. The van der Waals surface area contributed by atoms with Crippen molar-refractivity contribution in [2.45, 2.75) is 31.2 Å². The molecule has 0 saturated heterocycles. The first kappa shape index (κ1) is 14.8. The third kappa shape index (κ3) is 4.44. The SMILES string of the molecule is CCC=CCCSc1nsnc1C1=CCCN(C)C1. The van der Waals surface area contributed by atoms with Crippen LogP contribution >= 0.6 is 23.5 Å². The summed E-state index contributed by atoms with van der Waals surface area (Å²) < 4.78 is 8.93. The molecule has 0 fully saturated rings. The Morgan fingerprint density at radius 3 is 3.11 bits per heavy atom. The van der Waals surface area contributed by atoms with E-state index >= 15 is 0 Å². The maximum absolute atomic E-state index is 4.49. The van der Waals surface area contributed by atoms with Gasteiger partial charge in [-0.05, 0) is 31.9 Å². The highest BCUT2D eigenvalue weighted by molar-refractivity contribution is 7.99. The van der Waals surface area contributed by atoms with Crippen molar-refractivity contribution in [2.75, 3.05) is 25.9 Å². The molecule has 1 aromatic rings. The van der Waals surface area contributed by atoms with Gasteiger partial charge in [0.25, 0.3) is 0 Å². The van der Waals surface area contributed by atoms with Crippen molar-refractivity contribution in [1.29, 1.82) is 0 Å². The largest absolute Gasteiger partial charge is 0.302 e. The normalized spacial score (nSPS) is 17.1. The molecule has 0 unspecified atom stereocenters. The zero-order valence-electron chi connectivity index (χ0n) is 11.6. The number of likely N-dealkylation sites (N-methyl/N-ethyl adjacent to an activating group) is 1. The number of thioether (sulfide) groups is 1. The zero-order valence-corrected chi connectivity index (χ0v) is 13.3. The Labute approximate surface area is 124 Å². The number of allylic oxidation sites excluding steroid dienone is 2. The minimum atomic E-state index is 0.995. The Bertz CT molecular complexity index is 451. The highest BCUT2D eigenvalue weighted by atomic mass is 32.2. The molecule has 19 heavy (non-hydrogen) atoms. The number of nitrogens with zero attached hydrogens (tertiary/aromatic N) is 3. The predicted molar refractivity (Wildman–Crippen MR) is 84.8 cm³/mol. The van der Waals surface area contributed by atoms with E-state index in [-0.39, 0.29) is 0 Å². The number of aromatic nitrogens is 2. The fourth-order valence-corrected chi connectivity index (χ4v) is 3.66. The fraction of sp³-hybridized carbons (Fsp3) is 0.571. The molecule has 0 aromatic carbocycles. The molecule has 0 N–H and O–H groups in total. The van der Waals surface area contributed by atoms with Gasteiger partial charge in [0.05, 0.1) is 11.7 Å². The molecule has 0 saturated carbocycles. The Morgan fingerprint density at radius 2 is 2.32 bits per heavy atom. The summed E-state index contributed by atoms with van der Waals surface area (Å²) in [7, 11) is 2.16. The quantitative estimate of drug-likeness (QED) is 0.454. The van der Waals surface area contributed by atoms with Crippen LogP contribution in [0.2, 0.25) is 0 Å². The van der Waals surface area contributed by atoms with Gasteiger partial charge in [-0.2, -0.15) is 8.75 Å². The molecule has 1 aliphatic rings. The lowest BCUT2D eigenvalue weighted by molar-refractivity contribution is 0.372. The maximum atomic E-state index is 4.49. The van der Waals surface area contributed by atoms with Crippen molar-refractivity contribution < 1.29 is 0 Å². The predicted octanol–water partition coefficient (Wildman–Crippen LogP) is 3.71. The monoisotopic (exact) mass is 295 g/mol. The third-order valence-electron chi connectivity index (χ3n) is 3.03. The second kappa shape index (κ2) is 7.82. The summed E-state index contributed by atoms with van der Waals surface area (Å²) in [5.74, 6) is 1.08. The molecule has 0 radical (unpaired) electrons. The zero-order chi connectivity index (χ0) is 13.5. The van der Waals surface area contributed by atoms with Crippen molar-refractivity contribution in [2.24, 2.45) is 0 Å². The van der Waals surface area contributed by atoms with Crippen LogP contribution in [0.25, 0.3) is 5.57 Å². The van der Waals surface area contributed by atoms with E-state index in [0.717, 1.165) is 48.8 Å². The van der Waals surface area contributed by atoms with Crippen molar-refractivity contribution in [3.05, 3.63) is 23.9 Å². The summed E-state index contributed by atoms with van der Waals surface area (Å²) in [5.41, 5.74) is 2.45. The van der Waals surface area contributed by atoms with Crippen LogP contribution in [0.4, 0.5) is 0 Å². The molecule has 3 nitrogen and oxygen atoms in total. The smallest absolute Gasteiger partial charge is 0.138 e. The number of hydrogen-bond donors (Lipinski definition) is 0. The molecule has 1 aliphatic heterocycles. The van der Waals surface area contributed by atoms with Gasteiger partial charge in [-0.25, -0.2) is 0 Å². The molecule has 0 atom stereocenters. The summed E-state index contributed by atoms with van der Waals surface area (Å²) in [5, 5.41) is 1.11. The van der Waals surface area contributed by atoms with E-state index in [2.05, 4.69) is 45.8 Å². The topological polar surface area (TPSA) is 29.0 Å². The van der Waals surface area contributed by atoms with E-state index in [0.29, 0.717) is 0 Å². The molecule has 0 spiro atoms. The molecule has 1 aromatic heterocycles. The summed E-state index contributed by atoms with van der Waals surface area (Å²) >= 11 is 3.16. The number of hydrogen-bond acceptors (Lipinski definition) is 5. The van der Waals surface area contributed by atoms with Crippen LogP contribution in [-0.2, 0) is 0 Å². The molecule has 0 amide bonds. The van der Waals surface area contributed by atoms with Crippen LogP contribution in [0.15, 0.2) is 23.3 Å². The van der Waals surface area contributed by atoms with E-state index in [1.807, 2.05) is 11.8 Å². The van der Waals surface area contributed by atoms with Crippen LogP contribution in [0, 0.1) is 0 Å². The van der Waals surface area contributed by atoms with Crippen molar-refractivity contribution >= 4 is 29.1 Å². The average Bonchev–Trinajstić information content (AvgIpc) is 2.87. The van der Waals surface area contributed by atoms with Gasteiger partial charge in [-0.3, -0.25) is 0 Å². The van der Waals surface area contributed by atoms with E-state index in [4.69, 9.17) is 0 Å². The Hall–Kier alpha value is -0.650. The van der Waals surface area contributed by atoms with E-state index < -0.39 is 0 Å². The minimum absolute atomic E-state index is 0.995. The van der Waals surface area contributed by atoms with Crippen LogP contribution in [0.1, 0.15) is 31.9 Å². The van der Waals surface area contributed by atoms with E-state index in [9.17, 15) is 0 Å². The highest BCUT2D eigenvalue weighted by Crippen LogP contribution is 2.29.